The van der Waals surface area contributed by atoms with E-state index in [-0.39, 0.29) is 16.6 Å². The van der Waals surface area contributed by atoms with Gasteiger partial charge in [0.25, 0.3) is 0 Å². The van der Waals surface area contributed by atoms with Crippen molar-refractivity contribution in [2.45, 2.75) is 103 Å². The lowest BCUT2D eigenvalue weighted by atomic mass is 9.81. The minimum atomic E-state index is 0.0973. The van der Waals surface area contributed by atoms with Gasteiger partial charge in [-0.15, -0.1) is 0 Å². The minimum absolute atomic E-state index is 0.0973. The van der Waals surface area contributed by atoms with Gasteiger partial charge in [-0.3, -0.25) is 0 Å². The molecule has 0 radical (unpaired) electrons. The van der Waals surface area contributed by atoms with Crippen LogP contribution < -0.4 is 10.6 Å². The molecule has 0 aliphatic carbocycles. The summed E-state index contributed by atoms with van der Waals surface area (Å²) in [6.45, 7) is 15.7. The number of hydrogen-bond acceptors (Lipinski definition) is 4. The summed E-state index contributed by atoms with van der Waals surface area (Å²) in [7, 11) is 0. The van der Waals surface area contributed by atoms with Gasteiger partial charge < -0.3 is 10.6 Å². The fraction of sp³-hybridized carbons (Fsp3) is 0.889. The van der Waals surface area contributed by atoms with Crippen molar-refractivity contribution in [2.75, 3.05) is 0 Å². The maximum Gasteiger partial charge on any atom is 0.0442 e. The average molecular weight is 306 g/mol. The molecule has 4 heteroatoms. The predicted molar refractivity (Wildman–Crippen MR) is 95.9 cm³/mol. The second kappa shape index (κ2) is 6.04. The van der Waals surface area contributed by atoms with E-state index in [1.807, 2.05) is 0 Å². The summed E-state index contributed by atoms with van der Waals surface area (Å²) in [6.07, 6.45) is 5.12. The van der Waals surface area contributed by atoms with Crippen LogP contribution in [-0.2, 0) is 0 Å². The van der Waals surface area contributed by atoms with Gasteiger partial charge in [-0.25, -0.2) is 0 Å². The summed E-state index contributed by atoms with van der Waals surface area (Å²) in [5.74, 6) is 0. The lowest BCUT2D eigenvalue weighted by Crippen LogP contribution is -2.58. The molecule has 1 atom stereocenters. The quantitative estimate of drug-likeness (QED) is 0.765. The van der Waals surface area contributed by atoms with Crippen LogP contribution in [-0.4, -0.2) is 34.1 Å². The number of rotatable bonds is 2. The Morgan fingerprint density at radius 1 is 0.864 bits per heavy atom. The summed E-state index contributed by atoms with van der Waals surface area (Å²) in [6, 6.07) is 0.531. The highest BCUT2D eigenvalue weighted by Gasteiger charge is 2.36. The first-order valence-corrected chi connectivity index (χ1v) is 8.68. The molecule has 0 saturated carbocycles. The van der Waals surface area contributed by atoms with Gasteiger partial charge in [0.15, 0.2) is 0 Å². The lowest BCUT2D eigenvalue weighted by molar-refractivity contribution is 0.252. The maximum atomic E-state index is 4.67. The van der Waals surface area contributed by atoms with E-state index in [9.17, 15) is 0 Å². The van der Waals surface area contributed by atoms with E-state index in [1.54, 1.807) is 0 Å². The molecule has 22 heavy (non-hydrogen) atoms. The Morgan fingerprint density at radius 3 is 1.91 bits per heavy atom. The van der Waals surface area contributed by atoms with Crippen LogP contribution in [0, 0.1) is 0 Å². The van der Waals surface area contributed by atoms with E-state index in [1.165, 1.54) is 11.4 Å². The fourth-order valence-electron chi connectivity index (χ4n) is 4.14. The molecule has 2 fully saturated rings. The normalized spacial score (nSPS) is 32.0. The standard InChI is InChI=1S/C18H34N4/c1-8-13-9-14(10-16(2,3)19-13)20-21-15-11-17(4,5)22-18(6,7)12-15/h13,19,22H,8-12H2,1-7H3/b20-14-/t13-/m0/s1. The zero-order valence-electron chi connectivity index (χ0n) is 15.5. The molecule has 2 saturated heterocycles. The molecular weight excluding hydrogens is 272 g/mol. The van der Waals surface area contributed by atoms with Crippen LogP contribution in [0.5, 0.6) is 0 Å². The third-order valence-electron chi connectivity index (χ3n) is 4.52. The first kappa shape index (κ1) is 17.6. The van der Waals surface area contributed by atoms with E-state index in [4.69, 9.17) is 0 Å². The molecule has 2 aliphatic rings. The van der Waals surface area contributed by atoms with Crippen LogP contribution in [0.3, 0.4) is 0 Å². The van der Waals surface area contributed by atoms with Gasteiger partial charge >= 0.3 is 0 Å². The van der Waals surface area contributed by atoms with Crippen LogP contribution in [0.2, 0.25) is 0 Å². The van der Waals surface area contributed by atoms with Crippen LogP contribution in [0.4, 0.5) is 0 Å². The van der Waals surface area contributed by atoms with Crippen molar-refractivity contribution in [3.8, 4) is 0 Å². The second-order valence-electron chi connectivity index (χ2n) is 9.09. The average Bonchev–Trinajstić information content (AvgIpc) is 2.30. The Morgan fingerprint density at radius 2 is 1.36 bits per heavy atom. The van der Waals surface area contributed by atoms with Crippen LogP contribution >= 0.6 is 0 Å². The third-order valence-corrected chi connectivity index (χ3v) is 4.52. The molecule has 2 rings (SSSR count). The Hall–Kier alpha value is -0.740. The number of piperidine rings is 2. The lowest BCUT2D eigenvalue weighted by Gasteiger charge is -2.43. The monoisotopic (exact) mass is 306 g/mol. The van der Waals surface area contributed by atoms with Crippen molar-refractivity contribution in [1.82, 2.24) is 10.6 Å². The molecule has 0 aromatic heterocycles. The Balaban J connectivity index is 2.14. The van der Waals surface area contributed by atoms with Crippen molar-refractivity contribution in [1.29, 1.82) is 0 Å². The Kier molecular flexibility index (Phi) is 4.84. The Labute approximate surface area is 136 Å². The van der Waals surface area contributed by atoms with Gasteiger partial charge in [0.1, 0.15) is 0 Å². The first-order chi connectivity index (χ1) is 10.0. The zero-order chi connectivity index (χ0) is 16.6. The van der Waals surface area contributed by atoms with E-state index >= 15 is 0 Å². The van der Waals surface area contributed by atoms with Crippen molar-refractivity contribution >= 4 is 11.4 Å². The van der Waals surface area contributed by atoms with Gasteiger partial charge in [-0.2, -0.15) is 10.2 Å². The largest absolute Gasteiger partial charge is 0.308 e. The third kappa shape index (κ3) is 4.88. The fourth-order valence-corrected chi connectivity index (χ4v) is 4.14. The molecule has 0 unspecified atom stereocenters. The molecule has 2 heterocycles. The summed E-state index contributed by atoms with van der Waals surface area (Å²) < 4.78 is 0. The topological polar surface area (TPSA) is 48.8 Å². The molecule has 4 nitrogen and oxygen atoms in total. The van der Waals surface area contributed by atoms with Crippen LogP contribution in [0.15, 0.2) is 10.2 Å². The maximum absolute atomic E-state index is 4.67. The molecule has 2 aliphatic heterocycles. The van der Waals surface area contributed by atoms with Gasteiger partial charge in [0, 0.05) is 59.8 Å². The molecule has 2 N–H and O–H groups in total. The van der Waals surface area contributed by atoms with Crippen LogP contribution in [0.25, 0.3) is 0 Å². The molecule has 0 amide bonds. The summed E-state index contributed by atoms with van der Waals surface area (Å²) in [4.78, 5) is 0. The summed E-state index contributed by atoms with van der Waals surface area (Å²) >= 11 is 0. The first-order valence-electron chi connectivity index (χ1n) is 8.68. The van der Waals surface area contributed by atoms with E-state index < -0.39 is 0 Å². The van der Waals surface area contributed by atoms with Gasteiger partial charge in [0.2, 0.25) is 0 Å². The highest BCUT2D eigenvalue weighted by Crippen LogP contribution is 2.27. The number of nitrogens with one attached hydrogen (secondary N) is 2. The van der Waals surface area contributed by atoms with Gasteiger partial charge in [-0.05, 0) is 48.0 Å². The molecule has 0 bridgehead atoms. The number of hydrogen-bond donors (Lipinski definition) is 2. The van der Waals surface area contributed by atoms with E-state index in [2.05, 4.69) is 69.3 Å². The van der Waals surface area contributed by atoms with Crippen molar-refractivity contribution in [2.24, 2.45) is 10.2 Å². The SMILES string of the molecule is CC[C@H]1C/C(=N/N=C2CC(C)(C)NC(C)(C)C2)CC(C)(C)N1. The summed E-state index contributed by atoms with van der Waals surface area (Å²) in [5.41, 5.74) is 2.80. The van der Waals surface area contributed by atoms with Crippen molar-refractivity contribution in [3.63, 3.8) is 0 Å². The molecular formula is C18H34N4. The van der Waals surface area contributed by atoms with Crippen molar-refractivity contribution < 1.29 is 0 Å². The predicted octanol–water partition coefficient (Wildman–Crippen LogP) is 3.66. The van der Waals surface area contributed by atoms with Gasteiger partial charge in [0.05, 0.1) is 0 Å². The molecule has 0 aromatic rings. The molecule has 126 valence electrons. The highest BCUT2D eigenvalue weighted by molar-refractivity contribution is 5.90. The van der Waals surface area contributed by atoms with E-state index in [0.717, 1.165) is 32.1 Å². The van der Waals surface area contributed by atoms with E-state index in [0.29, 0.717) is 6.04 Å². The van der Waals surface area contributed by atoms with Crippen molar-refractivity contribution in [3.05, 3.63) is 0 Å². The van der Waals surface area contributed by atoms with Crippen LogP contribution in [0.1, 0.15) is 80.6 Å². The molecule has 0 aromatic carbocycles. The highest BCUT2D eigenvalue weighted by atomic mass is 15.2. The smallest absolute Gasteiger partial charge is 0.0442 e. The second-order valence-corrected chi connectivity index (χ2v) is 9.09. The zero-order valence-corrected chi connectivity index (χ0v) is 15.5. The van der Waals surface area contributed by atoms with Gasteiger partial charge in [-0.1, -0.05) is 6.92 Å². The Bertz CT molecular complexity index is 453. The summed E-state index contributed by atoms with van der Waals surface area (Å²) in [5, 5.41) is 16.7. The minimum Gasteiger partial charge on any atom is -0.308 e. The number of nitrogens with zero attached hydrogens (tertiary/aromatic N) is 2. The molecule has 0 spiro atoms.